The lowest BCUT2D eigenvalue weighted by Crippen LogP contribution is -1.80. The van der Waals surface area contributed by atoms with Crippen LogP contribution in [0, 0.1) is 6.92 Å². The van der Waals surface area contributed by atoms with E-state index in [4.69, 9.17) is 0 Å². The SMILES string of the molecule is Cc1ccc2c(c1)-c1cc(Br)ccc1C2. The molecule has 0 spiro atoms. The molecule has 1 aliphatic rings. The van der Waals surface area contributed by atoms with Gasteiger partial charge in [-0.05, 0) is 47.7 Å². The minimum Gasteiger partial charge on any atom is -0.0590 e. The molecule has 0 saturated carbocycles. The first-order valence-corrected chi connectivity index (χ1v) is 5.92. The maximum atomic E-state index is 3.54. The van der Waals surface area contributed by atoms with E-state index in [-0.39, 0.29) is 0 Å². The number of hydrogen-bond donors (Lipinski definition) is 0. The number of aryl methyl sites for hydroxylation is 1. The molecule has 0 amide bonds. The first-order valence-electron chi connectivity index (χ1n) is 5.12. The number of fused-ring (bicyclic) bond motifs is 3. The van der Waals surface area contributed by atoms with Gasteiger partial charge in [-0.15, -0.1) is 0 Å². The van der Waals surface area contributed by atoms with E-state index in [0.717, 1.165) is 10.9 Å². The molecule has 0 atom stereocenters. The fourth-order valence-electron chi connectivity index (χ4n) is 2.25. The average Bonchev–Trinajstić information content (AvgIpc) is 2.56. The number of rotatable bonds is 0. The molecule has 0 radical (unpaired) electrons. The van der Waals surface area contributed by atoms with Gasteiger partial charge < -0.3 is 0 Å². The van der Waals surface area contributed by atoms with Gasteiger partial charge in [0.15, 0.2) is 0 Å². The van der Waals surface area contributed by atoms with Crippen LogP contribution in [0.25, 0.3) is 11.1 Å². The molecule has 15 heavy (non-hydrogen) atoms. The Hall–Kier alpha value is -1.08. The third-order valence-electron chi connectivity index (χ3n) is 3.01. The maximum absolute atomic E-state index is 3.54. The van der Waals surface area contributed by atoms with Crippen molar-refractivity contribution in [2.75, 3.05) is 0 Å². The lowest BCUT2D eigenvalue weighted by molar-refractivity contribution is 1.25. The molecule has 0 nitrogen and oxygen atoms in total. The topological polar surface area (TPSA) is 0 Å². The highest BCUT2D eigenvalue weighted by Crippen LogP contribution is 2.38. The van der Waals surface area contributed by atoms with Gasteiger partial charge in [0.05, 0.1) is 0 Å². The predicted octanol–water partition coefficient (Wildman–Crippen LogP) is 4.33. The maximum Gasteiger partial charge on any atom is 0.0181 e. The summed E-state index contributed by atoms with van der Waals surface area (Å²) >= 11 is 3.54. The normalized spacial score (nSPS) is 12.4. The van der Waals surface area contributed by atoms with Crippen LogP contribution >= 0.6 is 15.9 Å². The van der Waals surface area contributed by atoms with E-state index in [2.05, 4.69) is 59.3 Å². The van der Waals surface area contributed by atoms with Crippen LogP contribution in [0.1, 0.15) is 16.7 Å². The van der Waals surface area contributed by atoms with E-state index in [9.17, 15) is 0 Å². The zero-order chi connectivity index (χ0) is 10.4. The summed E-state index contributed by atoms with van der Waals surface area (Å²) in [5.41, 5.74) is 7.03. The van der Waals surface area contributed by atoms with Crippen LogP contribution in [0.15, 0.2) is 40.9 Å². The molecule has 0 bridgehead atoms. The molecule has 1 heteroatoms. The van der Waals surface area contributed by atoms with Crippen molar-refractivity contribution in [3.63, 3.8) is 0 Å². The highest BCUT2D eigenvalue weighted by Gasteiger charge is 2.17. The second-order valence-electron chi connectivity index (χ2n) is 4.14. The van der Waals surface area contributed by atoms with Crippen LogP contribution < -0.4 is 0 Å². The monoisotopic (exact) mass is 258 g/mol. The molecular formula is C14H11Br. The Bertz CT molecular complexity index is 492. The Morgan fingerprint density at radius 2 is 1.60 bits per heavy atom. The molecule has 0 fully saturated rings. The van der Waals surface area contributed by atoms with E-state index < -0.39 is 0 Å². The van der Waals surface area contributed by atoms with Crippen molar-refractivity contribution in [2.24, 2.45) is 0 Å². The molecule has 2 aromatic carbocycles. The second-order valence-corrected chi connectivity index (χ2v) is 5.05. The van der Waals surface area contributed by atoms with Crippen LogP contribution in [0.5, 0.6) is 0 Å². The Balaban J connectivity index is 2.28. The standard InChI is InChI=1S/C14H11Br/c1-9-2-3-10-7-11-4-5-12(15)8-14(11)13(10)6-9/h2-6,8H,7H2,1H3. The van der Waals surface area contributed by atoms with Crippen LogP contribution in [0.3, 0.4) is 0 Å². The van der Waals surface area contributed by atoms with E-state index in [1.54, 1.807) is 0 Å². The Morgan fingerprint density at radius 1 is 0.933 bits per heavy atom. The highest BCUT2D eigenvalue weighted by molar-refractivity contribution is 9.10. The van der Waals surface area contributed by atoms with Crippen molar-refractivity contribution in [1.82, 2.24) is 0 Å². The van der Waals surface area contributed by atoms with E-state index >= 15 is 0 Å². The highest BCUT2D eigenvalue weighted by atomic mass is 79.9. The molecule has 3 rings (SSSR count). The van der Waals surface area contributed by atoms with Crippen molar-refractivity contribution in [2.45, 2.75) is 13.3 Å². The fourth-order valence-corrected chi connectivity index (χ4v) is 2.62. The first kappa shape index (κ1) is 9.17. The summed E-state index contributed by atoms with van der Waals surface area (Å²) in [6, 6.07) is 13.3. The second kappa shape index (κ2) is 3.21. The molecular weight excluding hydrogens is 248 g/mol. The Labute approximate surface area is 98.1 Å². The van der Waals surface area contributed by atoms with Crippen molar-refractivity contribution in [1.29, 1.82) is 0 Å². The molecule has 74 valence electrons. The summed E-state index contributed by atoms with van der Waals surface area (Å²) in [5, 5.41) is 0. The first-order chi connectivity index (χ1) is 7.24. The van der Waals surface area contributed by atoms with Gasteiger partial charge in [0.2, 0.25) is 0 Å². The summed E-state index contributed by atoms with van der Waals surface area (Å²) in [4.78, 5) is 0. The van der Waals surface area contributed by atoms with Crippen molar-refractivity contribution >= 4 is 15.9 Å². The van der Waals surface area contributed by atoms with E-state index in [1.165, 1.54) is 27.8 Å². The zero-order valence-electron chi connectivity index (χ0n) is 8.55. The summed E-state index contributed by atoms with van der Waals surface area (Å²) in [6.07, 6.45) is 1.08. The molecule has 0 N–H and O–H groups in total. The van der Waals surface area contributed by atoms with Gasteiger partial charge in [0.25, 0.3) is 0 Å². The third kappa shape index (κ3) is 1.42. The van der Waals surface area contributed by atoms with Crippen molar-refractivity contribution in [3.05, 3.63) is 57.6 Å². The van der Waals surface area contributed by atoms with Gasteiger partial charge in [-0.25, -0.2) is 0 Å². The Morgan fingerprint density at radius 3 is 2.40 bits per heavy atom. The molecule has 0 aliphatic heterocycles. The van der Waals surface area contributed by atoms with Gasteiger partial charge in [-0.2, -0.15) is 0 Å². The van der Waals surface area contributed by atoms with Crippen LogP contribution in [0.2, 0.25) is 0 Å². The van der Waals surface area contributed by atoms with Gasteiger partial charge in [-0.1, -0.05) is 45.8 Å². The van der Waals surface area contributed by atoms with Crippen LogP contribution in [-0.2, 0) is 6.42 Å². The molecule has 0 saturated heterocycles. The Kier molecular flexibility index (Phi) is 1.96. The van der Waals surface area contributed by atoms with Crippen LogP contribution in [0.4, 0.5) is 0 Å². The van der Waals surface area contributed by atoms with Gasteiger partial charge >= 0.3 is 0 Å². The summed E-state index contributed by atoms with van der Waals surface area (Å²) < 4.78 is 1.16. The minimum atomic E-state index is 1.08. The summed E-state index contributed by atoms with van der Waals surface area (Å²) in [6.45, 7) is 2.15. The minimum absolute atomic E-state index is 1.08. The lowest BCUT2D eigenvalue weighted by Gasteiger charge is -2.02. The average molecular weight is 259 g/mol. The van der Waals surface area contributed by atoms with E-state index in [1.807, 2.05) is 0 Å². The zero-order valence-corrected chi connectivity index (χ0v) is 10.1. The number of hydrogen-bond acceptors (Lipinski definition) is 0. The lowest BCUT2D eigenvalue weighted by atomic mass is 10.0. The van der Waals surface area contributed by atoms with Crippen molar-refractivity contribution in [3.8, 4) is 11.1 Å². The molecule has 0 heterocycles. The molecule has 0 aromatic heterocycles. The van der Waals surface area contributed by atoms with Gasteiger partial charge in [0.1, 0.15) is 0 Å². The summed E-state index contributed by atoms with van der Waals surface area (Å²) in [5.74, 6) is 0. The van der Waals surface area contributed by atoms with Crippen LogP contribution in [-0.4, -0.2) is 0 Å². The number of benzene rings is 2. The summed E-state index contributed by atoms with van der Waals surface area (Å²) in [7, 11) is 0. The largest absolute Gasteiger partial charge is 0.0590 e. The smallest absolute Gasteiger partial charge is 0.0181 e. The van der Waals surface area contributed by atoms with Crippen molar-refractivity contribution < 1.29 is 0 Å². The van der Waals surface area contributed by atoms with Gasteiger partial charge in [0, 0.05) is 4.47 Å². The number of halogens is 1. The predicted molar refractivity (Wildman–Crippen MR) is 67.1 cm³/mol. The third-order valence-corrected chi connectivity index (χ3v) is 3.50. The van der Waals surface area contributed by atoms with Gasteiger partial charge in [-0.3, -0.25) is 0 Å². The molecule has 2 aromatic rings. The molecule has 1 aliphatic carbocycles. The molecule has 0 unspecified atom stereocenters. The quantitative estimate of drug-likeness (QED) is 0.563. The fraction of sp³-hybridized carbons (Fsp3) is 0.143. The van der Waals surface area contributed by atoms with E-state index in [0.29, 0.717) is 0 Å².